The Morgan fingerprint density at radius 3 is 2.43 bits per heavy atom. The van der Waals surface area contributed by atoms with Crippen LogP contribution in [0.2, 0.25) is 0 Å². The summed E-state index contributed by atoms with van der Waals surface area (Å²) in [5.41, 5.74) is 0.193. The average Bonchev–Trinajstić information content (AvgIpc) is 2.86. The molecule has 4 aliphatic carbocycles. The molecular weight excluding hydrogens is 260 g/mol. The van der Waals surface area contributed by atoms with Crippen molar-refractivity contribution >= 4 is 0 Å². The molecule has 0 saturated heterocycles. The van der Waals surface area contributed by atoms with Crippen molar-refractivity contribution in [2.45, 2.75) is 77.4 Å². The van der Waals surface area contributed by atoms with Gasteiger partial charge in [0.25, 0.3) is 0 Å². The Labute approximate surface area is 129 Å². The van der Waals surface area contributed by atoms with E-state index in [1.807, 2.05) is 0 Å². The first kappa shape index (κ1) is 14.5. The molecule has 0 aliphatic heterocycles. The zero-order valence-electron chi connectivity index (χ0n) is 13.7. The first-order valence-electron chi connectivity index (χ1n) is 9.33. The normalized spacial score (nSPS) is 55.4. The van der Waals surface area contributed by atoms with Crippen LogP contribution in [0.5, 0.6) is 0 Å². The van der Waals surface area contributed by atoms with Gasteiger partial charge in [-0.05, 0) is 79.4 Å². The predicted octanol–water partition coefficient (Wildman–Crippen LogP) is 3.61. The summed E-state index contributed by atoms with van der Waals surface area (Å²) in [6.07, 6.45) is 9.54. The van der Waals surface area contributed by atoms with Gasteiger partial charge in [-0.3, -0.25) is 0 Å². The lowest BCUT2D eigenvalue weighted by Crippen LogP contribution is -2.56. The van der Waals surface area contributed by atoms with Crippen LogP contribution in [0, 0.1) is 40.9 Å². The highest BCUT2D eigenvalue weighted by atomic mass is 16.3. The highest BCUT2D eigenvalue weighted by Crippen LogP contribution is 2.61. The molecule has 4 saturated carbocycles. The van der Waals surface area contributed by atoms with Gasteiger partial charge in [-0.2, -0.15) is 0 Å². The van der Waals surface area contributed by atoms with E-state index in [-0.39, 0.29) is 17.6 Å². The Morgan fingerprint density at radius 1 is 0.810 bits per heavy atom. The molecule has 0 radical (unpaired) electrons. The Kier molecular flexibility index (Phi) is 3.43. The summed E-state index contributed by atoms with van der Waals surface area (Å²) >= 11 is 0. The van der Waals surface area contributed by atoms with Crippen LogP contribution >= 0.6 is 0 Å². The van der Waals surface area contributed by atoms with Crippen LogP contribution in [0.1, 0.15) is 65.2 Å². The molecule has 0 spiro atoms. The summed E-state index contributed by atoms with van der Waals surface area (Å²) in [6.45, 7) is 4.70. The molecule has 8 unspecified atom stereocenters. The fraction of sp³-hybridized carbons (Fsp3) is 1.00. The summed E-state index contributed by atoms with van der Waals surface area (Å²) < 4.78 is 0. The molecule has 4 rings (SSSR count). The summed E-state index contributed by atoms with van der Waals surface area (Å²) in [5.74, 6) is 4.45. The van der Waals surface area contributed by atoms with Gasteiger partial charge in [-0.25, -0.2) is 0 Å². The molecule has 0 aromatic rings. The highest BCUT2D eigenvalue weighted by molar-refractivity contribution is 5.06. The van der Waals surface area contributed by atoms with Crippen molar-refractivity contribution < 1.29 is 10.2 Å². The Balaban J connectivity index is 1.66. The highest BCUT2D eigenvalue weighted by Gasteiger charge is 2.56. The molecule has 4 fully saturated rings. The molecule has 0 aromatic carbocycles. The molecule has 2 N–H and O–H groups in total. The second-order valence-electron chi connectivity index (χ2n) is 9.33. The number of aliphatic hydroxyl groups is 2. The standard InChI is InChI=1S/C19H32O2/c1-19(2)10-12(20)8-16-17(21)9-15-13-5-3-4-11(13)6-7-14(15)18(16)19/h11-18,20-21H,3-10H2,1-2H3. The topological polar surface area (TPSA) is 40.5 Å². The summed E-state index contributed by atoms with van der Waals surface area (Å²) in [4.78, 5) is 0. The van der Waals surface area contributed by atoms with Crippen LogP contribution in [0.25, 0.3) is 0 Å². The molecule has 0 aromatic heterocycles. The van der Waals surface area contributed by atoms with Crippen molar-refractivity contribution in [3.8, 4) is 0 Å². The maximum Gasteiger partial charge on any atom is 0.0575 e. The smallest absolute Gasteiger partial charge is 0.0575 e. The monoisotopic (exact) mass is 292 g/mol. The second-order valence-corrected chi connectivity index (χ2v) is 9.33. The first-order chi connectivity index (χ1) is 9.97. The van der Waals surface area contributed by atoms with Gasteiger partial charge in [0.05, 0.1) is 12.2 Å². The Hall–Kier alpha value is -0.0800. The van der Waals surface area contributed by atoms with Crippen LogP contribution in [-0.2, 0) is 0 Å². The predicted molar refractivity (Wildman–Crippen MR) is 83.7 cm³/mol. The van der Waals surface area contributed by atoms with Gasteiger partial charge in [0.15, 0.2) is 0 Å². The first-order valence-corrected chi connectivity index (χ1v) is 9.33. The minimum absolute atomic E-state index is 0.162. The van der Waals surface area contributed by atoms with Crippen molar-refractivity contribution in [1.29, 1.82) is 0 Å². The van der Waals surface area contributed by atoms with E-state index >= 15 is 0 Å². The number of hydrogen-bond donors (Lipinski definition) is 2. The van der Waals surface area contributed by atoms with Gasteiger partial charge in [-0.1, -0.05) is 26.7 Å². The lowest BCUT2D eigenvalue weighted by molar-refractivity contribution is -0.154. The Morgan fingerprint density at radius 2 is 1.62 bits per heavy atom. The Bertz CT molecular complexity index is 404. The summed E-state index contributed by atoms with van der Waals surface area (Å²) in [6, 6.07) is 0. The van der Waals surface area contributed by atoms with E-state index in [2.05, 4.69) is 13.8 Å². The van der Waals surface area contributed by atoms with E-state index in [1.165, 1.54) is 32.1 Å². The SMILES string of the molecule is CC1(C)CC(O)CC2C(O)CC3C4CCCC4CCC3C21. The maximum atomic E-state index is 10.8. The molecule has 0 amide bonds. The lowest BCUT2D eigenvalue weighted by Gasteiger charge is -2.59. The van der Waals surface area contributed by atoms with Crippen LogP contribution in [0.3, 0.4) is 0 Å². The third-order valence-corrected chi connectivity index (χ3v) is 7.83. The third-order valence-electron chi connectivity index (χ3n) is 7.83. The van der Waals surface area contributed by atoms with Crippen molar-refractivity contribution in [3.63, 3.8) is 0 Å². The largest absolute Gasteiger partial charge is 0.393 e. The number of fused-ring (bicyclic) bond motifs is 5. The van der Waals surface area contributed by atoms with E-state index in [1.54, 1.807) is 0 Å². The van der Waals surface area contributed by atoms with E-state index in [4.69, 9.17) is 0 Å². The van der Waals surface area contributed by atoms with E-state index < -0.39 is 0 Å². The molecular formula is C19H32O2. The second kappa shape index (κ2) is 4.96. The van der Waals surface area contributed by atoms with Crippen molar-refractivity contribution in [2.24, 2.45) is 40.9 Å². The van der Waals surface area contributed by atoms with Gasteiger partial charge >= 0.3 is 0 Å². The fourth-order valence-corrected chi connectivity index (χ4v) is 7.34. The minimum Gasteiger partial charge on any atom is -0.393 e. The van der Waals surface area contributed by atoms with Crippen molar-refractivity contribution in [2.75, 3.05) is 0 Å². The van der Waals surface area contributed by atoms with Gasteiger partial charge < -0.3 is 10.2 Å². The van der Waals surface area contributed by atoms with Crippen LogP contribution in [0.15, 0.2) is 0 Å². The van der Waals surface area contributed by atoms with Crippen LogP contribution < -0.4 is 0 Å². The molecule has 4 aliphatic rings. The molecule has 8 atom stereocenters. The van der Waals surface area contributed by atoms with Gasteiger partial charge in [-0.15, -0.1) is 0 Å². The molecule has 21 heavy (non-hydrogen) atoms. The lowest BCUT2D eigenvalue weighted by atomic mass is 9.47. The van der Waals surface area contributed by atoms with Gasteiger partial charge in [0.2, 0.25) is 0 Å². The fourth-order valence-electron chi connectivity index (χ4n) is 7.34. The zero-order chi connectivity index (χ0) is 14.8. The van der Waals surface area contributed by atoms with Crippen molar-refractivity contribution in [1.82, 2.24) is 0 Å². The van der Waals surface area contributed by atoms with Gasteiger partial charge in [0, 0.05) is 0 Å². The van der Waals surface area contributed by atoms with E-state index in [0.717, 1.165) is 42.9 Å². The summed E-state index contributed by atoms with van der Waals surface area (Å²) in [5, 5.41) is 21.0. The van der Waals surface area contributed by atoms with Crippen molar-refractivity contribution in [3.05, 3.63) is 0 Å². The number of hydrogen-bond acceptors (Lipinski definition) is 2. The zero-order valence-corrected chi connectivity index (χ0v) is 13.7. The number of aliphatic hydroxyl groups excluding tert-OH is 2. The third kappa shape index (κ3) is 2.20. The van der Waals surface area contributed by atoms with E-state index in [0.29, 0.717) is 11.8 Å². The van der Waals surface area contributed by atoms with Gasteiger partial charge in [0.1, 0.15) is 0 Å². The molecule has 0 bridgehead atoms. The van der Waals surface area contributed by atoms with Crippen LogP contribution in [-0.4, -0.2) is 22.4 Å². The minimum atomic E-state index is -0.199. The van der Waals surface area contributed by atoms with E-state index in [9.17, 15) is 10.2 Å². The molecule has 2 heteroatoms. The average molecular weight is 292 g/mol. The maximum absolute atomic E-state index is 10.8. The molecule has 0 heterocycles. The molecule has 2 nitrogen and oxygen atoms in total. The molecule has 120 valence electrons. The number of rotatable bonds is 0. The quantitative estimate of drug-likeness (QED) is 0.716. The van der Waals surface area contributed by atoms with Crippen LogP contribution in [0.4, 0.5) is 0 Å². The summed E-state index contributed by atoms with van der Waals surface area (Å²) in [7, 11) is 0.